The van der Waals surface area contributed by atoms with E-state index in [1.54, 1.807) is 57.6 Å². The third-order valence-corrected chi connectivity index (χ3v) is 6.49. The number of pyridine rings is 1. The third-order valence-electron chi connectivity index (χ3n) is 6.49. The standard InChI is InChI=1S/C26H30FN5O3/c1-24(2,3)35-23(33)30-9-17-7-19-16(8-29-17)5-6-18(22(19)27)20-10-28-11-21(31-20)32-14-26(15-32)12-25(4,34)13-26/h5-8,10-11,34H,9,12-15H2,1-4H3,(H,30,33). The minimum atomic E-state index is -0.606. The summed E-state index contributed by atoms with van der Waals surface area (Å²) in [5.41, 5.74) is 0.308. The molecule has 0 bridgehead atoms. The Morgan fingerprint density at radius 3 is 2.66 bits per heavy atom. The molecule has 9 heteroatoms. The van der Waals surface area contributed by atoms with E-state index < -0.39 is 23.1 Å². The number of amides is 1. The number of halogens is 1. The zero-order valence-corrected chi connectivity index (χ0v) is 20.4. The predicted molar refractivity (Wildman–Crippen MR) is 130 cm³/mol. The number of carbonyl (C=O) groups is 1. The van der Waals surface area contributed by atoms with Gasteiger partial charge in [-0.15, -0.1) is 0 Å². The van der Waals surface area contributed by atoms with Gasteiger partial charge in [-0.3, -0.25) is 9.97 Å². The van der Waals surface area contributed by atoms with Crippen molar-refractivity contribution < 1.29 is 19.0 Å². The van der Waals surface area contributed by atoms with Crippen molar-refractivity contribution in [3.05, 3.63) is 48.3 Å². The van der Waals surface area contributed by atoms with E-state index >= 15 is 4.39 Å². The molecule has 2 fully saturated rings. The van der Waals surface area contributed by atoms with Crippen LogP contribution in [0.1, 0.15) is 46.2 Å². The summed E-state index contributed by atoms with van der Waals surface area (Å²) in [6.45, 7) is 8.99. The van der Waals surface area contributed by atoms with Crippen LogP contribution in [0.5, 0.6) is 0 Å². The zero-order valence-electron chi connectivity index (χ0n) is 20.4. The average molecular weight is 480 g/mol. The summed E-state index contributed by atoms with van der Waals surface area (Å²) < 4.78 is 20.9. The summed E-state index contributed by atoms with van der Waals surface area (Å²) in [5.74, 6) is 0.293. The highest BCUT2D eigenvalue weighted by Crippen LogP contribution is 2.54. The number of anilines is 1. The first kappa shape index (κ1) is 23.4. The number of fused-ring (bicyclic) bond motifs is 1. The molecule has 0 unspecified atom stereocenters. The van der Waals surface area contributed by atoms with Crippen molar-refractivity contribution in [3.63, 3.8) is 0 Å². The molecule has 2 aromatic heterocycles. The maximum Gasteiger partial charge on any atom is 0.407 e. The number of alkyl carbamates (subject to hydrolysis) is 1. The van der Waals surface area contributed by atoms with E-state index in [1.165, 1.54) is 0 Å². The summed E-state index contributed by atoms with van der Waals surface area (Å²) >= 11 is 0. The number of rotatable bonds is 4. The number of nitrogens with one attached hydrogen (secondary N) is 1. The van der Waals surface area contributed by atoms with E-state index in [2.05, 4.69) is 25.2 Å². The van der Waals surface area contributed by atoms with Gasteiger partial charge in [0.2, 0.25) is 0 Å². The number of carbonyl (C=O) groups excluding carboxylic acids is 1. The van der Waals surface area contributed by atoms with Gasteiger partial charge in [0.15, 0.2) is 0 Å². The van der Waals surface area contributed by atoms with Gasteiger partial charge < -0.3 is 20.1 Å². The van der Waals surface area contributed by atoms with Gasteiger partial charge in [0, 0.05) is 41.0 Å². The number of aromatic nitrogens is 3. The molecule has 2 aliphatic rings. The van der Waals surface area contributed by atoms with Crippen LogP contribution in [0.15, 0.2) is 36.8 Å². The van der Waals surface area contributed by atoms with Gasteiger partial charge in [-0.25, -0.2) is 14.2 Å². The number of hydrogen-bond donors (Lipinski definition) is 2. The van der Waals surface area contributed by atoms with Gasteiger partial charge in [0.1, 0.15) is 17.2 Å². The van der Waals surface area contributed by atoms with Crippen LogP contribution in [0.2, 0.25) is 0 Å². The highest BCUT2D eigenvalue weighted by molar-refractivity contribution is 5.87. The molecule has 8 nitrogen and oxygen atoms in total. The molecule has 184 valence electrons. The Labute approximate surface area is 203 Å². The number of benzene rings is 1. The summed E-state index contributed by atoms with van der Waals surface area (Å²) in [5, 5.41) is 13.8. The molecule has 1 aliphatic heterocycles. The monoisotopic (exact) mass is 479 g/mol. The Balaban J connectivity index is 1.34. The maximum atomic E-state index is 15.6. The third kappa shape index (κ3) is 4.77. The molecular formula is C26H30FN5O3. The van der Waals surface area contributed by atoms with E-state index in [0.29, 0.717) is 33.5 Å². The second-order valence-electron chi connectivity index (χ2n) is 11.1. The summed E-state index contributed by atoms with van der Waals surface area (Å²) in [6, 6.07) is 5.12. The largest absolute Gasteiger partial charge is 0.444 e. The Hall–Kier alpha value is -3.33. The lowest BCUT2D eigenvalue weighted by molar-refractivity contribution is -0.126. The number of hydrogen-bond acceptors (Lipinski definition) is 7. The molecule has 2 N–H and O–H groups in total. The first-order valence-corrected chi connectivity index (χ1v) is 11.8. The van der Waals surface area contributed by atoms with Crippen molar-refractivity contribution in [2.24, 2.45) is 5.41 Å². The number of aliphatic hydroxyl groups is 1. The fourth-order valence-corrected chi connectivity index (χ4v) is 5.35. The quantitative estimate of drug-likeness (QED) is 0.578. The lowest BCUT2D eigenvalue weighted by Crippen LogP contribution is -2.67. The normalized spacial score (nSPS) is 18.2. The van der Waals surface area contributed by atoms with Gasteiger partial charge in [-0.1, -0.05) is 6.07 Å². The Kier molecular flexibility index (Phi) is 5.43. The van der Waals surface area contributed by atoms with Gasteiger partial charge in [-0.05, 0) is 52.7 Å². The van der Waals surface area contributed by atoms with E-state index in [1.807, 2.05) is 6.92 Å². The fourth-order valence-electron chi connectivity index (χ4n) is 5.35. The zero-order chi connectivity index (χ0) is 25.0. The second kappa shape index (κ2) is 8.12. The minimum absolute atomic E-state index is 0.118. The second-order valence-corrected chi connectivity index (χ2v) is 11.1. The van der Waals surface area contributed by atoms with E-state index in [9.17, 15) is 9.90 Å². The molecule has 1 aliphatic carbocycles. The molecule has 5 rings (SSSR count). The number of nitrogens with zero attached hydrogens (tertiary/aromatic N) is 4. The topological polar surface area (TPSA) is 100 Å². The molecule has 1 spiro atoms. The van der Waals surface area contributed by atoms with Crippen molar-refractivity contribution >= 4 is 22.7 Å². The van der Waals surface area contributed by atoms with Gasteiger partial charge in [0.05, 0.1) is 35.9 Å². The van der Waals surface area contributed by atoms with Crippen molar-refractivity contribution in [1.82, 2.24) is 20.3 Å². The van der Waals surface area contributed by atoms with Gasteiger partial charge in [0.25, 0.3) is 0 Å². The van der Waals surface area contributed by atoms with Crippen LogP contribution in [0.25, 0.3) is 22.0 Å². The van der Waals surface area contributed by atoms with E-state index in [4.69, 9.17) is 4.74 Å². The molecule has 35 heavy (non-hydrogen) atoms. The Morgan fingerprint density at radius 2 is 1.97 bits per heavy atom. The predicted octanol–water partition coefficient (Wildman–Crippen LogP) is 4.21. The van der Waals surface area contributed by atoms with Gasteiger partial charge >= 0.3 is 6.09 Å². The van der Waals surface area contributed by atoms with Crippen LogP contribution in [0, 0.1) is 11.2 Å². The first-order chi connectivity index (χ1) is 16.4. The van der Waals surface area contributed by atoms with Crippen molar-refractivity contribution in [1.29, 1.82) is 0 Å². The summed E-state index contributed by atoms with van der Waals surface area (Å²) in [7, 11) is 0. The van der Waals surface area contributed by atoms with Gasteiger partial charge in [-0.2, -0.15) is 0 Å². The van der Waals surface area contributed by atoms with Crippen LogP contribution >= 0.6 is 0 Å². The summed E-state index contributed by atoms with van der Waals surface area (Å²) in [4.78, 5) is 27.4. The van der Waals surface area contributed by atoms with E-state index in [-0.39, 0.29) is 12.0 Å². The Morgan fingerprint density at radius 1 is 1.23 bits per heavy atom. The maximum absolute atomic E-state index is 15.6. The molecule has 1 aromatic carbocycles. The average Bonchev–Trinajstić information content (AvgIpc) is 2.73. The molecule has 1 amide bonds. The van der Waals surface area contributed by atoms with Crippen LogP contribution in [-0.2, 0) is 11.3 Å². The molecule has 3 heterocycles. The fraction of sp³-hybridized carbons (Fsp3) is 0.462. The minimum Gasteiger partial charge on any atom is -0.444 e. The lowest BCUT2D eigenvalue weighted by atomic mass is 9.56. The first-order valence-electron chi connectivity index (χ1n) is 11.8. The molecule has 0 atom stereocenters. The summed E-state index contributed by atoms with van der Waals surface area (Å²) in [6.07, 6.45) is 5.87. The van der Waals surface area contributed by atoms with Crippen molar-refractivity contribution in [2.75, 3.05) is 18.0 Å². The van der Waals surface area contributed by atoms with Crippen molar-refractivity contribution in [2.45, 2.75) is 58.3 Å². The van der Waals surface area contributed by atoms with Crippen LogP contribution in [0.3, 0.4) is 0 Å². The van der Waals surface area contributed by atoms with Crippen LogP contribution < -0.4 is 10.2 Å². The SMILES string of the molecule is CC1(O)CC2(CN(c3cncc(-c4ccc5cnc(CNC(=O)OC(C)(C)C)cc5c4F)n3)C2)C1. The van der Waals surface area contributed by atoms with Crippen molar-refractivity contribution in [3.8, 4) is 11.3 Å². The molecular weight excluding hydrogens is 449 g/mol. The molecule has 0 radical (unpaired) electrons. The lowest BCUT2D eigenvalue weighted by Gasteiger charge is -2.61. The molecule has 3 aromatic rings. The van der Waals surface area contributed by atoms with Crippen LogP contribution in [-0.4, -0.2) is 50.4 Å². The smallest absolute Gasteiger partial charge is 0.407 e. The highest BCUT2D eigenvalue weighted by Gasteiger charge is 2.57. The highest BCUT2D eigenvalue weighted by atomic mass is 19.1. The van der Waals surface area contributed by atoms with E-state index in [0.717, 1.165) is 25.9 Å². The number of ether oxygens (including phenoxy) is 1. The Bertz CT molecular complexity index is 1290. The van der Waals surface area contributed by atoms with Crippen LogP contribution in [0.4, 0.5) is 15.0 Å². The molecule has 1 saturated carbocycles. The molecule has 1 saturated heterocycles.